The average molecular weight is 385 g/mol. The molecule has 24 heavy (non-hydrogen) atoms. The van der Waals surface area contributed by atoms with Gasteiger partial charge in [0, 0.05) is 21.7 Å². The Bertz CT molecular complexity index is 970. The molecule has 1 aromatic heterocycles. The lowest BCUT2D eigenvalue weighted by Crippen LogP contribution is -2.15. The molecule has 5 nitrogen and oxygen atoms in total. The number of hydrogen-bond acceptors (Lipinski definition) is 3. The fourth-order valence-corrected chi connectivity index (χ4v) is 3.03. The number of nitrogens with one attached hydrogen (secondary N) is 1. The number of aryl methyl sites for hydroxylation is 1. The summed E-state index contributed by atoms with van der Waals surface area (Å²) < 4.78 is 0.778. The number of aromatic carboxylic acids is 1. The summed E-state index contributed by atoms with van der Waals surface area (Å²) in [5.41, 5.74) is 1.83. The van der Waals surface area contributed by atoms with Gasteiger partial charge in [-0.3, -0.25) is 9.78 Å². The Labute approximate surface area is 146 Å². The van der Waals surface area contributed by atoms with Crippen molar-refractivity contribution >= 4 is 44.3 Å². The summed E-state index contributed by atoms with van der Waals surface area (Å²) in [7, 11) is 0. The van der Waals surface area contributed by atoms with Crippen molar-refractivity contribution < 1.29 is 14.7 Å². The van der Waals surface area contributed by atoms with Gasteiger partial charge in [-0.05, 0) is 48.2 Å². The molecule has 0 saturated carbocycles. The third-order valence-electron chi connectivity index (χ3n) is 3.68. The first kappa shape index (κ1) is 16.1. The van der Waals surface area contributed by atoms with Crippen molar-refractivity contribution in [2.75, 3.05) is 5.32 Å². The van der Waals surface area contributed by atoms with Gasteiger partial charge in [0.15, 0.2) is 0 Å². The summed E-state index contributed by atoms with van der Waals surface area (Å²) in [4.78, 5) is 27.9. The molecule has 0 unspecified atom stereocenters. The second-order valence-electron chi connectivity index (χ2n) is 5.29. The third kappa shape index (κ3) is 3.00. The zero-order chi connectivity index (χ0) is 17.3. The second kappa shape index (κ2) is 6.41. The minimum atomic E-state index is -1.05. The van der Waals surface area contributed by atoms with Gasteiger partial charge in [-0.1, -0.05) is 28.1 Å². The molecule has 0 aliphatic rings. The summed E-state index contributed by atoms with van der Waals surface area (Å²) >= 11 is 3.47. The number of nitrogens with zero attached hydrogens (tertiary/aromatic N) is 1. The molecule has 0 radical (unpaired) electrons. The van der Waals surface area contributed by atoms with Crippen molar-refractivity contribution in [1.29, 1.82) is 0 Å². The summed E-state index contributed by atoms with van der Waals surface area (Å²) in [6.45, 7) is 1.97. The van der Waals surface area contributed by atoms with Gasteiger partial charge in [0.1, 0.15) is 5.69 Å². The van der Waals surface area contributed by atoms with Crippen LogP contribution in [0.15, 0.2) is 53.1 Å². The molecule has 0 aliphatic carbocycles. The van der Waals surface area contributed by atoms with E-state index < -0.39 is 11.9 Å². The van der Waals surface area contributed by atoms with Crippen LogP contribution < -0.4 is 5.32 Å². The normalized spacial score (nSPS) is 10.6. The van der Waals surface area contributed by atoms with Gasteiger partial charge in [0.25, 0.3) is 5.91 Å². The molecule has 6 heteroatoms. The standard InChI is InChI=1S/C18H13BrN2O3/c1-10-5-6-14(19)15-13(10)7-8-20-16(15)17(22)21-12-4-2-3-11(9-12)18(23)24/h2-9H,1H3,(H,21,22)(H,23,24). The number of carboxylic acids is 1. The highest BCUT2D eigenvalue weighted by Gasteiger charge is 2.16. The van der Waals surface area contributed by atoms with Gasteiger partial charge < -0.3 is 10.4 Å². The zero-order valence-electron chi connectivity index (χ0n) is 12.7. The van der Waals surface area contributed by atoms with Crippen molar-refractivity contribution in [2.24, 2.45) is 0 Å². The molecule has 1 heterocycles. The third-order valence-corrected chi connectivity index (χ3v) is 4.34. The summed E-state index contributed by atoms with van der Waals surface area (Å²) in [6, 6.07) is 11.8. The van der Waals surface area contributed by atoms with Gasteiger partial charge in [0.05, 0.1) is 5.56 Å². The number of hydrogen-bond donors (Lipinski definition) is 2. The van der Waals surface area contributed by atoms with E-state index >= 15 is 0 Å². The highest BCUT2D eigenvalue weighted by molar-refractivity contribution is 9.10. The minimum Gasteiger partial charge on any atom is -0.478 e. The lowest BCUT2D eigenvalue weighted by Gasteiger charge is -2.10. The Hall–Kier alpha value is -2.73. The van der Waals surface area contributed by atoms with E-state index in [1.54, 1.807) is 18.3 Å². The van der Waals surface area contributed by atoms with E-state index in [-0.39, 0.29) is 11.3 Å². The Kier molecular flexibility index (Phi) is 4.31. The van der Waals surface area contributed by atoms with Crippen LogP contribution in [-0.2, 0) is 0 Å². The molecule has 2 aromatic carbocycles. The number of carboxylic acid groups (broad SMARTS) is 1. The van der Waals surface area contributed by atoms with Crippen LogP contribution in [0.3, 0.4) is 0 Å². The quantitative estimate of drug-likeness (QED) is 0.706. The van der Waals surface area contributed by atoms with Crippen LogP contribution in [0.2, 0.25) is 0 Å². The van der Waals surface area contributed by atoms with Gasteiger partial charge in [0.2, 0.25) is 0 Å². The van der Waals surface area contributed by atoms with Crippen LogP contribution in [0.25, 0.3) is 10.8 Å². The molecule has 0 bridgehead atoms. The van der Waals surface area contributed by atoms with Crippen molar-refractivity contribution in [3.8, 4) is 0 Å². The first-order valence-electron chi connectivity index (χ1n) is 7.16. The van der Waals surface area contributed by atoms with E-state index in [9.17, 15) is 9.59 Å². The Morgan fingerprint density at radius 3 is 2.71 bits per heavy atom. The van der Waals surface area contributed by atoms with E-state index in [2.05, 4.69) is 26.2 Å². The molecule has 3 aromatic rings. The lowest BCUT2D eigenvalue weighted by molar-refractivity contribution is 0.0696. The van der Waals surface area contributed by atoms with E-state index in [1.165, 1.54) is 12.1 Å². The minimum absolute atomic E-state index is 0.107. The first-order chi connectivity index (χ1) is 11.5. The number of rotatable bonds is 3. The number of benzene rings is 2. The highest BCUT2D eigenvalue weighted by Crippen LogP contribution is 2.29. The van der Waals surface area contributed by atoms with Crippen LogP contribution in [0.4, 0.5) is 5.69 Å². The molecular formula is C18H13BrN2O3. The largest absolute Gasteiger partial charge is 0.478 e. The molecule has 120 valence electrons. The zero-order valence-corrected chi connectivity index (χ0v) is 14.3. The van der Waals surface area contributed by atoms with Crippen LogP contribution in [0, 0.1) is 6.92 Å². The number of carbonyl (C=O) groups excluding carboxylic acids is 1. The fourth-order valence-electron chi connectivity index (χ4n) is 2.50. The number of carbonyl (C=O) groups is 2. The van der Waals surface area contributed by atoms with Crippen molar-refractivity contribution in [1.82, 2.24) is 4.98 Å². The average Bonchev–Trinajstić information content (AvgIpc) is 2.58. The van der Waals surface area contributed by atoms with Crippen LogP contribution in [0.1, 0.15) is 26.4 Å². The lowest BCUT2D eigenvalue weighted by atomic mass is 10.0. The molecule has 0 aliphatic heterocycles. The fraction of sp³-hybridized carbons (Fsp3) is 0.0556. The Morgan fingerprint density at radius 2 is 1.96 bits per heavy atom. The molecule has 0 saturated heterocycles. The molecule has 2 N–H and O–H groups in total. The maximum atomic E-state index is 12.6. The number of amides is 1. The smallest absolute Gasteiger partial charge is 0.335 e. The maximum Gasteiger partial charge on any atom is 0.335 e. The summed E-state index contributed by atoms with van der Waals surface area (Å²) in [5.74, 6) is -1.44. The number of pyridine rings is 1. The molecule has 0 fully saturated rings. The number of fused-ring (bicyclic) bond motifs is 1. The van der Waals surface area contributed by atoms with Gasteiger partial charge in [-0.2, -0.15) is 0 Å². The molecular weight excluding hydrogens is 372 g/mol. The van der Waals surface area contributed by atoms with Gasteiger partial charge in [-0.15, -0.1) is 0 Å². The van der Waals surface area contributed by atoms with Crippen LogP contribution in [0.5, 0.6) is 0 Å². The van der Waals surface area contributed by atoms with Crippen LogP contribution >= 0.6 is 15.9 Å². The number of anilines is 1. The van der Waals surface area contributed by atoms with Crippen molar-refractivity contribution in [2.45, 2.75) is 6.92 Å². The topological polar surface area (TPSA) is 79.3 Å². The second-order valence-corrected chi connectivity index (χ2v) is 6.14. The predicted molar refractivity (Wildman–Crippen MR) is 95.5 cm³/mol. The summed E-state index contributed by atoms with van der Waals surface area (Å²) in [5, 5.41) is 13.4. The molecule has 3 rings (SSSR count). The molecule has 0 atom stereocenters. The van der Waals surface area contributed by atoms with Crippen LogP contribution in [-0.4, -0.2) is 22.0 Å². The van der Waals surface area contributed by atoms with Crippen molar-refractivity contribution in [3.05, 3.63) is 70.0 Å². The Morgan fingerprint density at radius 1 is 1.17 bits per heavy atom. The maximum absolute atomic E-state index is 12.6. The van der Waals surface area contributed by atoms with E-state index in [0.29, 0.717) is 5.69 Å². The first-order valence-corrected chi connectivity index (χ1v) is 7.95. The molecule has 1 amide bonds. The Balaban J connectivity index is 2.02. The summed E-state index contributed by atoms with van der Waals surface area (Å²) in [6.07, 6.45) is 1.59. The van der Waals surface area contributed by atoms with Crippen molar-refractivity contribution in [3.63, 3.8) is 0 Å². The van der Waals surface area contributed by atoms with E-state index in [4.69, 9.17) is 5.11 Å². The highest BCUT2D eigenvalue weighted by atomic mass is 79.9. The number of halogens is 1. The molecule has 0 spiro atoms. The van der Waals surface area contributed by atoms with E-state index in [1.807, 2.05) is 25.1 Å². The predicted octanol–water partition coefficient (Wildman–Crippen LogP) is 4.26. The van der Waals surface area contributed by atoms with E-state index in [0.717, 1.165) is 20.8 Å². The van der Waals surface area contributed by atoms with Gasteiger partial charge in [-0.25, -0.2) is 4.79 Å². The SMILES string of the molecule is Cc1ccc(Br)c2c(C(=O)Nc3cccc(C(=O)O)c3)nccc12. The monoisotopic (exact) mass is 384 g/mol. The van der Waals surface area contributed by atoms with Gasteiger partial charge >= 0.3 is 5.97 Å². The number of aromatic nitrogens is 1.